The van der Waals surface area contributed by atoms with E-state index in [9.17, 15) is 9.59 Å². The highest BCUT2D eigenvalue weighted by atomic mass is 35.5. The summed E-state index contributed by atoms with van der Waals surface area (Å²) in [6, 6.07) is 16.2. The Hall–Kier alpha value is -2.33. The Kier molecular flexibility index (Phi) is 4.58. The van der Waals surface area contributed by atoms with E-state index >= 15 is 0 Å². The van der Waals surface area contributed by atoms with Gasteiger partial charge in [0.1, 0.15) is 5.54 Å². The Balaban J connectivity index is 1.92. The zero-order valence-electron chi connectivity index (χ0n) is 13.5. The number of halogens is 1. The van der Waals surface area contributed by atoms with Gasteiger partial charge in [0.05, 0.1) is 6.54 Å². The SMILES string of the molecule is CCCC1(c2ccccc2)NC(=O)N(Cc2ccc(Cl)cc2)C1=O. The molecule has 3 amide bonds. The number of rotatable bonds is 5. The van der Waals surface area contributed by atoms with E-state index in [0.717, 1.165) is 17.5 Å². The van der Waals surface area contributed by atoms with Crippen LogP contribution >= 0.6 is 11.6 Å². The highest BCUT2D eigenvalue weighted by Gasteiger charge is 2.51. The zero-order valence-corrected chi connectivity index (χ0v) is 14.2. The Morgan fingerprint density at radius 2 is 1.71 bits per heavy atom. The van der Waals surface area contributed by atoms with Crippen molar-refractivity contribution < 1.29 is 9.59 Å². The predicted molar refractivity (Wildman–Crippen MR) is 93.6 cm³/mol. The van der Waals surface area contributed by atoms with Gasteiger partial charge in [-0.3, -0.25) is 9.69 Å². The minimum atomic E-state index is -0.973. The molecule has 0 aliphatic carbocycles. The molecular weight excluding hydrogens is 324 g/mol. The van der Waals surface area contributed by atoms with E-state index in [1.54, 1.807) is 12.1 Å². The molecule has 1 aliphatic heterocycles. The van der Waals surface area contributed by atoms with Gasteiger partial charge in [0, 0.05) is 5.02 Å². The molecule has 3 rings (SSSR count). The molecule has 1 fully saturated rings. The second kappa shape index (κ2) is 6.65. The number of benzene rings is 2. The largest absolute Gasteiger partial charge is 0.325 e. The fourth-order valence-electron chi connectivity index (χ4n) is 3.15. The number of carbonyl (C=O) groups is 2. The fourth-order valence-corrected chi connectivity index (χ4v) is 3.28. The zero-order chi connectivity index (χ0) is 17.2. The molecule has 0 radical (unpaired) electrons. The summed E-state index contributed by atoms with van der Waals surface area (Å²) in [7, 11) is 0. The molecule has 1 atom stereocenters. The van der Waals surface area contributed by atoms with Crippen molar-refractivity contribution in [1.29, 1.82) is 0 Å². The van der Waals surface area contributed by atoms with Gasteiger partial charge in [-0.1, -0.05) is 67.4 Å². The van der Waals surface area contributed by atoms with Crippen LogP contribution in [0.2, 0.25) is 5.02 Å². The van der Waals surface area contributed by atoms with Crippen molar-refractivity contribution in [1.82, 2.24) is 10.2 Å². The van der Waals surface area contributed by atoms with Crippen LogP contribution in [0.3, 0.4) is 0 Å². The average Bonchev–Trinajstić information content (AvgIpc) is 2.83. The number of nitrogens with zero attached hydrogens (tertiary/aromatic N) is 1. The maximum atomic E-state index is 13.1. The number of amides is 3. The lowest BCUT2D eigenvalue weighted by atomic mass is 9.85. The van der Waals surface area contributed by atoms with Gasteiger partial charge in [-0.05, 0) is 29.7 Å². The molecule has 1 unspecified atom stereocenters. The fraction of sp³-hybridized carbons (Fsp3) is 0.263. The third kappa shape index (κ3) is 2.89. The van der Waals surface area contributed by atoms with Crippen LogP contribution in [-0.2, 0) is 16.9 Å². The molecular formula is C19H19ClN2O2. The number of imide groups is 1. The number of urea groups is 1. The summed E-state index contributed by atoms with van der Waals surface area (Å²) >= 11 is 5.89. The predicted octanol–water partition coefficient (Wildman–Crippen LogP) is 4.09. The van der Waals surface area contributed by atoms with E-state index in [4.69, 9.17) is 11.6 Å². The Morgan fingerprint density at radius 3 is 2.33 bits per heavy atom. The molecule has 1 heterocycles. The van der Waals surface area contributed by atoms with Gasteiger partial charge in [0.25, 0.3) is 5.91 Å². The summed E-state index contributed by atoms with van der Waals surface area (Å²) in [6.45, 7) is 2.24. The third-order valence-corrected chi connectivity index (χ3v) is 4.57. The number of carbonyl (C=O) groups excluding carboxylic acids is 2. The number of hydrogen-bond acceptors (Lipinski definition) is 2. The highest BCUT2D eigenvalue weighted by Crippen LogP contribution is 2.34. The smallest absolute Gasteiger partial charge is 0.319 e. The Bertz CT molecular complexity index is 746. The average molecular weight is 343 g/mol. The molecule has 24 heavy (non-hydrogen) atoms. The van der Waals surface area contributed by atoms with Gasteiger partial charge in [0.15, 0.2) is 0 Å². The van der Waals surface area contributed by atoms with Gasteiger partial charge < -0.3 is 5.32 Å². The monoisotopic (exact) mass is 342 g/mol. The second-order valence-electron chi connectivity index (χ2n) is 5.97. The van der Waals surface area contributed by atoms with E-state index in [1.165, 1.54) is 4.90 Å². The van der Waals surface area contributed by atoms with Crippen LogP contribution in [0, 0.1) is 0 Å². The highest BCUT2D eigenvalue weighted by molar-refractivity contribution is 6.30. The minimum Gasteiger partial charge on any atom is -0.319 e. The molecule has 0 aromatic heterocycles. The molecule has 2 aromatic rings. The van der Waals surface area contributed by atoms with Crippen LogP contribution in [0.5, 0.6) is 0 Å². The summed E-state index contributed by atoms with van der Waals surface area (Å²) in [5.41, 5.74) is 0.714. The van der Waals surface area contributed by atoms with Crippen molar-refractivity contribution in [3.05, 3.63) is 70.7 Å². The van der Waals surface area contributed by atoms with Gasteiger partial charge >= 0.3 is 6.03 Å². The second-order valence-corrected chi connectivity index (χ2v) is 6.41. The number of hydrogen-bond donors (Lipinski definition) is 1. The van der Waals surface area contributed by atoms with Crippen molar-refractivity contribution in [2.45, 2.75) is 31.8 Å². The molecule has 0 spiro atoms. The summed E-state index contributed by atoms with van der Waals surface area (Å²) in [4.78, 5) is 26.9. The minimum absolute atomic E-state index is 0.199. The van der Waals surface area contributed by atoms with Crippen molar-refractivity contribution in [3.63, 3.8) is 0 Å². The molecule has 5 heteroatoms. The van der Waals surface area contributed by atoms with Crippen LogP contribution in [-0.4, -0.2) is 16.8 Å². The third-order valence-electron chi connectivity index (χ3n) is 4.32. The lowest BCUT2D eigenvalue weighted by Crippen LogP contribution is -2.43. The normalized spacial score (nSPS) is 20.3. The molecule has 0 saturated carbocycles. The van der Waals surface area contributed by atoms with Crippen LogP contribution in [0.1, 0.15) is 30.9 Å². The molecule has 1 aliphatic rings. The van der Waals surface area contributed by atoms with Crippen molar-refractivity contribution in [3.8, 4) is 0 Å². The van der Waals surface area contributed by atoms with E-state index in [0.29, 0.717) is 11.4 Å². The van der Waals surface area contributed by atoms with Crippen molar-refractivity contribution in [2.75, 3.05) is 0 Å². The van der Waals surface area contributed by atoms with Gasteiger partial charge in [-0.15, -0.1) is 0 Å². The standard InChI is InChI=1S/C19H19ClN2O2/c1-2-12-19(15-6-4-3-5-7-15)17(23)22(18(24)21-19)13-14-8-10-16(20)11-9-14/h3-11H,2,12-13H2,1H3,(H,21,24). The first-order valence-electron chi connectivity index (χ1n) is 8.01. The van der Waals surface area contributed by atoms with E-state index < -0.39 is 5.54 Å². The maximum absolute atomic E-state index is 13.1. The summed E-state index contributed by atoms with van der Waals surface area (Å²) in [5, 5.41) is 3.55. The molecule has 124 valence electrons. The van der Waals surface area contributed by atoms with E-state index in [-0.39, 0.29) is 18.5 Å². The lowest BCUT2D eigenvalue weighted by molar-refractivity contribution is -0.132. The molecule has 4 nitrogen and oxygen atoms in total. The van der Waals surface area contributed by atoms with Crippen molar-refractivity contribution in [2.24, 2.45) is 0 Å². The van der Waals surface area contributed by atoms with Crippen LogP contribution in [0.15, 0.2) is 54.6 Å². The molecule has 1 N–H and O–H groups in total. The maximum Gasteiger partial charge on any atom is 0.325 e. The summed E-state index contributed by atoms with van der Waals surface area (Å²) in [6.07, 6.45) is 1.36. The molecule has 1 saturated heterocycles. The van der Waals surface area contributed by atoms with Crippen LogP contribution in [0.25, 0.3) is 0 Å². The van der Waals surface area contributed by atoms with Crippen LogP contribution < -0.4 is 5.32 Å². The first-order chi connectivity index (χ1) is 11.6. The number of nitrogens with one attached hydrogen (secondary N) is 1. The van der Waals surface area contributed by atoms with Gasteiger partial charge in [0.2, 0.25) is 0 Å². The Morgan fingerprint density at radius 1 is 1.04 bits per heavy atom. The first-order valence-corrected chi connectivity index (χ1v) is 8.38. The van der Waals surface area contributed by atoms with Gasteiger partial charge in [-0.2, -0.15) is 0 Å². The first kappa shape index (κ1) is 16.5. The lowest BCUT2D eigenvalue weighted by Gasteiger charge is -2.27. The van der Waals surface area contributed by atoms with E-state index in [1.807, 2.05) is 49.4 Å². The van der Waals surface area contributed by atoms with Crippen molar-refractivity contribution >= 4 is 23.5 Å². The Labute approximate surface area is 146 Å². The van der Waals surface area contributed by atoms with E-state index in [2.05, 4.69) is 5.32 Å². The quantitative estimate of drug-likeness (QED) is 0.832. The van der Waals surface area contributed by atoms with Gasteiger partial charge in [-0.25, -0.2) is 4.79 Å². The molecule has 2 aromatic carbocycles. The van der Waals surface area contributed by atoms with Crippen LogP contribution in [0.4, 0.5) is 4.79 Å². The topological polar surface area (TPSA) is 49.4 Å². The molecule has 0 bridgehead atoms. The summed E-state index contributed by atoms with van der Waals surface area (Å²) < 4.78 is 0. The summed E-state index contributed by atoms with van der Waals surface area (Å²) in [5.74, 6) is -0.199.